The van der Waals surface area contributed by atoms with Crippen molar-refractivity contribution in [3.63, 3.8) is 0 Å². The summed E-state index contributed by atoms with van der Waals surface area (Å²) in [5.41, 5.74) is 4.36. The molecule has 3 nitrogen and oxygen atoms in total. The van der Waals surface area contributed by atoms with Crippen LogP contribution in [-0.4, -0.2) is 42.1 Å². The molecule has 1 fully saturated rings. The Bertz CT molecular complexity index is 510. The minimum absolute atomic E-state index is 0.191. The van der Waals surface area contributed by atoms with Crippen molar-refractivity contribution in [3.05, 3.63) is 29.1 Å². The van der Waals surface area contributed by atoms with Gasteiger partial charge in [-0.2, -0.15) is 0 Å². The van der Waals surface area contributed by atoms with Crippen LogP contribution in [-0.2, 0) is 18.3 Å². The molecule has 1 N–H and O–H groups in total. The van der Waals surface area contributed by atoms with Crippen LogP contribution in [0, 0.1) is 0 Å². The van der Waals surface area contributed by atoms with E-state index in [0.29, 0.717) is 12.1 Å². The van der Waals surface area contributed by atoms with E-state index in [1.807, 2.05) is 0 Å². The fourth-order valence-electron chi connectivity index (χ4n) is 3.68. The molecule has 0 saturated carbocycles. The molecule has 0 bridgehead atoms. The number of nitrogens with zero attached hydrogens (tertiary/aromatic N) is 2. The van der Waals surface area contributed by atoms with Gasteiger partial charge in [0.05, 0.1) is 0 Å². The molecule has 1 aromatic heterocycles. The number of piperidine rings is 1. The van der Waals surface area contributed by atoms with Gasteiger partial charge in [-0.3, -0.25) is 4.98 Å². The first-order chi connectivity index (χ1) is 10.4. The minimum Gasteiger partial charge on any atom is -0.311 e. The van der Waals surface area contributed by atoms with Crippen LogP contribution in [0.5, 0.6) is 0 Å². The van der Waals surface area contributed by atoms with Gasteiger partial charge in [0.15, 0.2) is 0 Å². The quantitative estimate of drug-likeness (QED) is 0.910. The summed E-state index contributed by atoms with van der Waals surface area (Å²) in [5.74, 6) is 0. The molecule has 1 aliphatic heterocycles. The van der Waals surface area contributed by atoms with E-state index in [1.165, 1.54) is 49.2 Å². The topological polar surface area (TPSA) is 28.2 Å². The van der Waals surface area contributed by atoms with Gasteiger partial charge in [-0.1, -0.05) is 26.8 Å². The van der Waals surface area contributed by atoms with E-state index in [4.69, 9.17) is 4.98 Å². The molecule has 0 radical (unpaired) electrons. The molecule has 2 heterocycles. The highest BCUT2D eigenvalue weighted by Gasteiger charge is 2.25. The van der Waals surface area contributed by atoms with Gasteiger partial charge in [-0.15, -0.1) is 0 Å². The van der Waals surface area contributed by atoms with E-state index in [-0.39, 0.29) is 5.41 Å². The molecule has 3 rings (SSSR count). The van der Waals surface area contributed by atoms with Crippen LogP contribution in [0.1, 0.15) is 56.9 Å². The number of hydrogen-bond donors (Lipinski definition) is 1. The Morgan fingerprint density at radius 1 is 1.14 bits per heavy atom. The molecule has 1 saturated heterocycles. The summed E-state index contributed by atoms with van der Waals surface area (Å²) in [7, 11) is 2.23. The van der Waals surface area contributed by atoms with Crippen molar-refractivity contribution in [3.8, 4) is 0 Å². The Kier molecular flexibility index (Phi) is 4.56. The van der Waals surface area contributed by atoms with E-state index in [2.05, 4.69) is 50.3 Å². The number of likely N-dealkylation sites (tertiary alicyclic amines) is 1. The van der Waals surface area contributed by atoms with Crippen LogP contribution in [0.4, 0.5) is 0 Å². The Hall–Kier alpha value is -0.930. The predicted octanol–water partition coefficient (Wildman–Crippen LogP) is 2.92. The number of rotatable bonds is 2. The first-order valence-corrected chi connectivity index (χ1v) is 8.84. The number of pyridine rings is 1. The Balaban J connectivity index is 1.65. The summed E-state index contributed by atoms with van der Waals surface area (Å²) in [6.45, 7) is 9.28. The first kappa shape index (κ1) is 15.9. The average molecular weight is 301 g/mol. The molecule has 1 unspecified atom stereocenters. The zero-order valence-electron chi connectivity index (χ0n) is 14.7. The molecule has 3 heteroatoms. The highest BCUT2D eigenvalue weighted by atomic mass is 15.1. The second-order valence-corrected chi connectivity index (χ2v) is 8.26. The van der Waals surface area contributed by atoms with Gasteiger partial charge in [-0.05, 0) is 68.8 Å². The monoisotopic (exact) mass is 301 g/mol. The SMILES string of the molecule is CN1CCC(NC2CCc3ncc(C(C)(C)C)cc3C2)CC1. The van der Waals surface area contributed by atoms with Gasteiger partial charge < -0.3 is 10.2 Å². The Labute approximate surface area is 135 Å². The summed E-state index contributed by atoms with van der Waals surface area (Å²) in [6.07, 6.45) is 8.19. The fraction of sp³-hybridized carbons (Fsp3) is 0.737. The largest absolute Gasteiger partial charge is 0.311 e. The second-order valence-electron chi connectivity index (χ2n) is 8.26. The van der Waals surface area contributed by atoms with Crippen LogP contribution in [0.2, 0.25) is 0 Å². The number of aryl methyl sites for hydroxylation is 1. The molecular weight excluding hydrogens is 270 g/mol. The second kappa shape index (κ2) is 6.29. The molecule has 0 aromatic carbocycles. The van der Waals surface area contributed by atoms with Crippen molar-refractivity contribution in [2.45, 2.75) is 70.4 Å². The van der Waals surface area contributed by atoms with Crippen LogP contribution >= 0.6 is 0 Å². The standard InChI is InChI=1S/C19H31N3/c1-19(2,3)15-11-14-12-17(5-6-18(14)20-13-15)21-16-7-9-22(4)10-8-16/h11,13,16-17,21H,5-10,12H2,1-4H3. The summed E-state index contributed by atoms with van der Waals surface area (Å²) >= 11 is 0. The van der Waals surface area contributed by atoms with E-state index in [0.717, 1.165) is 12.8 Å². The van der Waals surface area contributed by atoms with Crippen LogP contribution in [0.3, 0.4) is 0 Å². The van der Waals surface area contributed by atoms with Gasteiger partial charge in [0.2, 0.25) is 0 Å². The van der Waals surface area contributed by atoms with E-state index >= 15 is 0 Å². The predicted molar refractivity (Wildman–Crippen MR) is 92.4 cm³/mol. The maximum absolute atomic E-state index is 4.74. The molecule has 0 spiro atoms. The van der Waals surface area contributed by atoms with Crippen LogP contribution in [0.25, 0.3) is 0 Å². The molecule has 2 aliphatic rings. The number of aromatic nitrogens is 1. The van der Waals surface area contributed by atoms with Gasteiger partial charge in [-0.25, -0.2) is 0 Å². The smallest absolute Gasteiger partial charge is 0.0436 e. The van der Waals surface area contributed by atoms with Gasteiger partial charge >= 0.3 is 0 Å². The fourth-order valence-corrected chi connectivity index (χ4v) is 3.68. The molecule has 0 amide bonds. The third kappa shape index (κ3) is 3.69. The highest BCUT2D eigenvalue weighted by Crippen LogP contribution is 2.27. The summed E-state index contributed by atoms with van der Waals surface area (Å²) in [6, 6.07) is 3.75. The van der Waals surface area contributed by atoms with Crippen LogP contribution in [0.15, 0.2) is 12.3 Å². The van der Waals surface area contributed by atoms with E-state index < -0.39 is 0 Å². The Morgan fingerprint density at radius 2 is 1.86 bits per heavy atom. The van der Waals surface area contributed by atoms with Gasteiger partial charge in [0, 0.05) is 24.0 Å². The maximum atomic E-state index is 4.74. The Morgan fingerprint density at radius 3 is 2.55 bits per heavy atom. The summed E-state index contributed by atoms with van der Waals surface area (Å²) in [4.78, 5) is 7.18. The van der Waals surface area contributed by atoms with Crippen molar-refractivity contribution in [1.29, 1.82) is 0 Å². The van der Waals surface area contributed by atoms with Crippen molar-refractivity contribution in [2.75, 3.05) is 20.1 Å². The number of hydrogen-bond acceptors (Lipinski definition) is 3. The first-order valence-electron chi connectivity index (χ1n) is 8.84. The van der Waals surface area contributed by atoms with Gasteiger partial charge in [0.25, 0.3) is 0 Å². The molecule has 1 atom stereocenters. The lowest BCUT2D eigenvalue weighted by atomic mass is 9.84. The lowest BCUT2D eigenvalue weighted by Crippen LogP contribution is -2.47. The molecule has 22 heavy (non-hydrogen) atoms. The summed E-state index contributed by atoms with van der Waals surface area (Å²) in [5, 5.41) is 3.92. The van der Waals surface area contributed by atoms with Crippen molar-refractivity contribution < 1.29 is 0 Å². The van der Waals surface area contributed by atoms with Crippen molar-refractivity contribution in [2.24, 2.45) is 0 Å². The number of fused-ring (bicyclic) bond motifs is 1. The van der Waals surface area contributed by atoms with E-state index in [9.17, 15) is 0 Å². The molecular formula is C19H31N3. The summed E-state index contributed by atoms with van der Waals surface area (Å²) < 4.78 is 0. The molecule has 122 valence electrons. The lowest BCUT2D eigenvalue weighted by molar-refractivity contribution is 0.220. The molecule has 1 aromatic rings. The van der Waals surface area contributed by atoms with Gasteiger partial charge in [0.1, 0.15) is 0 Å². The third-order valence-corrected chi connectivity index (χ3v) is 5.31. The normalized spacial score (nSPS) is 24.3. The molecule has 1 aliphatic carbocycles. The third-order valence-electron chi connectivity index (χ3n) is 5.31. The van der Waals surface area contributed by atoms with Crippen molar-refractivity contribution in [1.82, 2.24) is 15.2 Å². The zero-order valence-corrected chi connectivity index (χ0v) is 14.7. The zero-order chi connectivity index (χ0) is 15.7. The minimum atomic E-state index is 0.191. The van der Waals surface area contributed by atoms with Crippen molar-refractivity contribution >= 4 is 0 Å². The van der Waals surface area contributed by atoms with E-state index in [1.54, 1.807) is 0 Å². The average Bonchev–Trinajstić information content (AvgIpc) is 2.48. The maximum Gasteiger partial charge on any atom is 0.0436 e. The van der Waals surface area contributed by atoms with Crippen LogP contribution < -0.4 is 5.32 Å². The number of nitrogens with one attached hydrogen (secondary N) is 1. The lowest BCUT2D eigenvalue weighted by Gasteiger charge is -2.34. The highest BCUT2D eigenvalue weighted by molar-refractivity contribution is 5.32.